The molecule has 1 aliphatic rings. The second-order valence-electron chi connectivity index (χ2n) is 7.40. The fraction of sp³-hybridized carbons (Fsp3) is 0.579. The number of likely N-dealkylation sites (N-methyl/N-ethyl adjacent to an activating group) is 1. The number of carbonyl (C=O) groups is 2. The van der Waals surface area contributed by atoms with Gasteiger partial charge in [0.1, 0.15) is 15.7 Å². The lowest BCUT2D eigenvalue weighted by molar-refractivity contribution is -0.134. The fourth-order valence-electron chi connectivity index (χ4n) is 3.37. The summed E-state index contributed by atoms with van der Waals surface area (Å²) in [6.07, 6.45) is 0.423. The van der Waals surface area contributed by atoms with Gasteiger partial charge in [0.2, 0.25) is 11.8 Å². The quantitative estimate of drug-likeness (QED) is 0.486. The first-order valence-electron chi connectivity index (χ1n) is 9.74. The summed E-state index contributed by atoms with van der Waals surface area (Å²) in [5, 5.41) is 4.50. The molecule has 30 heavy (non-hydrogen) atoms. The van der Waals surface area contributed by atoms with Crippen LogP contribution >= 0.6 is 23.1 Å². The highest BCUT2D eigenvalue weighted by Crippen LogP contribution is 2.35. The molecule has 0 radical (unpaired) electrons. The van der Waals surface area contributed by atoms with Gasteiger partial charge in [-0.05, 0) is 39.7 Å². The molecule has 0 bridgehead atoms. The van der Waals surface area contributed by atoms with Crippen molar-refractivity contribution < 1.29 is 18.0 Å². The van der Waals surface area contributed by atoms with Crippen molar-refractivity contribution in [3.05, 3.63) is 16.3 Å². The van der Waals surface area contributed by atoms with E-state index < -0.39 is 9.84 Å². The summed E-state index contributed by atoms with van der Waals surface area (Å²) >= 11 is 2.98. The van der Waals surface area contributed by atoms with E-state index in [-0.39, 0.29) is 41.7 Å². The number of hydrogen-bond donors (Lipinski definition) is 1. The predicted molar refractivity (Wildman–Crippen MR) is 120 cm³/mol. The lowest BCUT2D eigenvalue weighted by atomic mass is 10.2. The zero-order valence-corrected chi connectivity index (χ0v) is 20.0. The van der Waals surface area contributed by atoms with Crippen LogP contribution in [-0.4, -0.2) is 71.5 Å². The molecule has 3 heterocycles. The first kappa shape index (κ1) is 23.0. The smallest absolute Gasteiger partial charge is 0.239 e. The number of amides is 2. The van der Waals surface area contributed by atoms with Gasteiger partial charge in [0.25, 0.3) is 0 Å². The second kappa shape index (κ2) is 9.19. The number of carbonyl (C=O) groups excluding carboxylic acids is 2. The molecule has 1 aliphatic heterocycles. The van der Waals surface area contributed by atoms with Gasteiger partial charge in [-0.15, -0.1) is 11.3 Å². The number of fused-ring (bicyclic) bond motifs is 1. The number of thioether (sulfide) groups is 1. The van der Waals surface area contributed by atoms with Crippen molar-refractivity contribution in [1.82, 2.24) is 20.2 Å². The van der Waals surface area contributed by atoms with Crippen LogP contribution in [0.2, 0.25) is 0 Å². The van der Waals surface area contributed by atoms with Crippen LogP contribution in [0.5, 0.6) is 0 Å². The summed E-state index contributed by atoms with van der Waals surface area (Å²) in [6, 6.07) is -0.368. The van der Waals surface area contributed by atoms with Crippen molar-refractivity contribution in [3.8, 4) is 0 Å². The lowest BCUT2D eigenvalue weighted by Gasteiger charge is -2.21. The number of hydrogen-bond acceptors (Lipinski definition) is 8. The van der Waals surface area contributed by atoms with Crippen molar-refractivity contribution in [2.24, 2.45) is 0 Å². The van der Waals surface area contributed by atoms with Crippen LogP contribution in [0, 0.1) is 20.8 Å². The summed E-state index contributed by atoms with van der Waals surface area (Å²) in [5.74, 6) is 0.402. The van der Waals surface area contributed by atoms with Crippen molar-refractivity contribution in [3.63, 3.8) is 0 Å². The van der Waals surface area contributed by atoms with E-state index in [2.05, 4.69) is 15.3 Å². The Hall–Kier alpha value is -1.72. The van der Waals surface area contributed by atoms with E-state index in [4.69, 9.17) is 0 Å². The number of sulfone groups is 1. The third-order valence-corrected chi connectivity index (χ3v) is 8.94. The molecule has 1 N–H and O–H groups in total. The summed E-state index contributed by atoms with van der Waals surface area (Å²) in [5.41, 5.74) is 1.13. The van der Waals surface area contributed by atoms with E-state index >= 15 is 0 Å². The van der Waals surface area contributed by atoms with Gasteiger partial charge >= 0.3 is 0 Å². The molecular weight excluding hydrogens is 444 g/mol. The Bertz CT molecular complexity index is 1080. The van der Waals surface area contributed by atoms with Crippen molar-refractivity contribution in [1.29, 1.82) is 0 Å². The van der Waals surface area contributed by atoms with Gasteiger partial charge in [-0.25, -0.2) is 18.4 Å². The van der Waals surface area contributed by atoms with Crippen molar-refractivity contribution >= 4 is 55.0 Å². The van der Waals surface area contributed by atoms with E-state index in [1.165, 1.54) is 21.5 Å². The average molecular weight is 471 g/mol. The van der Waals surface area contributed by atoms with E-state index in [9.17, 15) is 18.0 Å². The van der Waals surface area contributed by atoms with Gasteiger partial charge in [0, 0.05) is 22.8 Å². The van der Waals surface area contributed by atoms with Gasteiger partial charge in [0.05, 0.1) is 23.8 Å². The molecule has 1 fully saturated rings. The molecule has 2 amide bonds. The van der Waals surface area contributed by atoms with Gasteiger partial charge < -0.3 is 10.2 Å². The SMILES string of the molecule is CCN(CC(=O)NC1CCS(=O)(=O)C1)C(=O)CSc1nc(C)nc2sc(C)c(C)c12. The Labute approximate surface area is 184 Å². The average Bonchev–Trinajstić information content (AvgIpc) is 3.15. The van der Waals surface area contributed by atoms with Crippen LogP contribution < -0.4 is 5.32 Å². The third kappa shape index (κ3) is 5.30. The molecule has 0 saturated carbocycles. The maximum atomic E-state index is 12.7. The Balaban J connectivity index is 1.62. The molecule has 0 aliphatic carbocycles. The molecular formula is C19H26N4O4S3. The van der Waals surface area contributed by atoms with Crippen LogP contribution in [0.15, 0.2) is 5.03 Å². The van der Waals surface area contributed by atoms with E-state index in [0.717, 1.165) is 20.8 Å². The van der Waals surface area contributed by atoms with E-state index in [0.29, 0.717) is 18.8 Å². The Morgan fingerprint density at radius 2 is 2.00 bits per heavy atom. The zero-order valence-electron chi connectivity index (χ0n) is 17.5. The van der Waals surface area contributed by atoms with Crippen LogP contribution in [0.1, 0.15) is 29.6 Å². The summed E-state index contributed by atoms with van der Waals surface area (Å²) in [7, 11) is -3.06. The Morgan fingerprint density at radius 1 is 1.27 bits per heavy atom. The predicted octanol–water partition coefficient (Wildman–Crippen LogP) is 1.86. The van der Waals surface area contributed by atoms with Crippen LogP contribution in [-0.2, 0) is 19.4 Å². The number of aromatic nitrogens is 2. The van der Waals surface area contributed by atoms with Crippen LogP contribution in [0.3, 0.4) is 0 Å². The highest BCUT2D eigenvalue weighted by Gasteiger charge is 2.29. The topological polar surface area (TPSA) is 109 Å². The number of nitrogens with one attached hydrogen (secondary N) is 1. The highest BCUT2D eigenvalue weighted by atomic mass is 32.2. The minimum atomic E-state index is -3.06. The van der Waals surface area contributed by atoms with Gasteiger partial charge in [-0.3, -0.25) is 9.59 Å². The Kier molecular flexibility index (Phi) is 7.03. The number of thiophene rings is 1. The summed E-state index contributed by atoms with van der Waals surface area (Å²) in [4.78, 5) is 37.6. The molecule has 1 atom stereocenters. The van der Waals surface area contributed by atoms with Crippen LogP contribution in [0.4, 0.5) is 0 Å². The minimum absolute atomic E-state index is 0.0306. The largest absolute Gasteiger partial charge is 0.351 e. The zero-order chi connectivity index (χ0) is 22.1. The molecule has 3 rings (SSSR count). The van der Waals surface area contributed by atoms with Gasteiger partial charge in [0.15, 0.2) is 9.84 Å². The van der Waals surface area contributed by atoms with Gasteiger partial charge in [-0.2, -0.15) is 0 Å². The standard InChI is InChI=1S/C19H26N4O4S3/c1-5-23(8-15(24)22-14-6-7-30(26,27)10-14)16(25)9-28-18-17-11(2)12(3)29-19(17)21-13(4)20-18/h14H,5-10H2,1-4H3,(H,22,24). The molecule has 2 aromatic rings. The highest BCUT2D eigenvalue weighted by molar-refractivity contribution is 8.00. The molecule has 0 aromatic carbocycles. The molecule has 1 unspecified atom stereocenters. The first-order chi connectivity index (χ1) is 14.1. The fourth-order valence-corrected chi connectivity index (χ4v) is 7.22. The van der Waals surface area contributed by atoms with Crippen molar-refractivity contribution in [2.75, 3.05) is 30.3 Å². The third-order valence-electron chi connectivity index (χ3n) is 5.11. The summed E-state index contributed by atoms with van der Waals surface area (Å²) < 4.78 is 23.1. The molecule has 0 spiro atoms. The second-order valence-corrected chi connectivity index (χ2v) is 11.8. The van der Waals surface area contributed by atoms with E-state index in [1.54, 1.807) is 11.3 Å². The van der Waals surface area contributed by atoms with Crippen molar-refractivity contribution in [2.45, 2.75) is 45.2 Å². The van der Waals surface area contributed by atoms with E-state index in [1.807, 2.05) is 27.7 Å². The number of rotatable bonds is 7. The maximum Gasteiger partial charge on any atom is 0.239 e. The monoisotopic (exact) mass is 470 g/mol. The molecule has 11 heteroatoms. The first-order valence-corrected chi connectivity index (χ1v) is 13.4. The molecule has 8 nitrogen and oxygen atoms in total. The number of nitrogens with zero attached hydrogens (tertiary/aromatic N) is 3. The molecule has 2 aromatic heterocycles. The number of aryl methyl sites for hydroxylation is 3. The summed E-state index contributed by atoms with van der Waals surface area (Å²) in [6.45, 7) is 8.04. The maximum absolute atomic E-state index is 12.7. The lowest BCUT2D eigenvalue weighted by Crippen LogP contribution is -2.45. The molecule has 1 saturated heterocycles. The normalized spacial score (nSPS) is 17.9. The minimum Gasteiger partial charge on any atom is -0.351 e. The van der Waals surface area contributed by atoms with Crippen LogP contribution in [0.25, 0.3) is 10.2 Å². The van der Waals surface area contributed by atoms with Gasteiger partial charge in [-0.1, -0.05) is 11.8 Å². The molecule has 164 valence electrons. The Morgan fingerprint density at radius 3 is 2.63 bits per heavy atom.